The first kappa shape index (κ1) is 17.1. The van der Waals surface area contributed by atoms with Gasteiger partial charge in [-0.1, -0.05) is 64.7 Å². The highest BCUT2D eigenvalue weighted by Crippen LogP contribution is 2.10. The van der Waals surface area contributed by atoms with Crippen LogP contribution in [0.1, 0.15) is 71.1 Å². The van der Waals surface area contributed by atoms with E-state index < -0.39 is 0 Å². The molecule has 14 heavy (non-hydrogen) atoms. The van der Waals surface area contributed by atoms with Crippen molar-refractivity contribution in [3.63, 3.8) is 0 Å². The van der Waals surface area contributed by atoms with E-state index in [0.717, 1.165) is 0 Å². The summed E-state index contributed by atoms with van der Waals surface area (Å²) in [5.74, 6) is 0. The second-order valence-electron chi connectivity index (χ2n) is 3.97. The molecule has 1 atom stereocenters. The Kier molecular flexibility index (Phi) is 19.8. The van der Waals surface area contributed by atoms with E-state index in [1.165, 1.54) is 70.4 Å². The molecule has 0 amide bonds. The molecule has 0 aliphatic carbocycles. The number of halogens is 1. The van der Waals surface area contributed by atoms with Crippen LogP contribution >= 0.6 is 21.6 Å². The van der Waals surface area contributed by atoms with Crippen LogP contribution in [0.15, 0.2) is 0 Å². The summed E-state index contributed by atoms with van der Waals surface area (Å²) in [7, 11) is 2.81. The van der Waals surface area contributed by atoms with Crippen molar-refractivity contribution in [2.75, 3.05) is 6.16 Å². The number of unbranched alkanes of at least 4 members (excludes halogenated alkanes) is 9. The first-order chi connectivity index (χ1) is 6.41. The minimum absolute atomic E-state index is 0. The normalized spacial score (nSPS) is 9.86. The predicted octanol–water partition coefficient (Wildman–Crippen LogP) is 5.20. The van der Waals surface area contributed by atoms with Crippen molar-refractivity contribution in [2.45, 2.75) is 71.1 Å². The Morgan fingerprint density at radius 2 is 1.00 bits per heavy atom. The summed E-state index contributed by atoms with van der Waals surface area (Å²) in [6.07, 6.45) is 15.7. The first-order valence-electron chi connectivity index (χ1n) is 6.12. The number of hydrogen-bond acceptors (Lipinski definition) is 0. The van der Waals surface area contributed by atoms with Crippen molar-refractivity contribution in [2.24, 2.45) is 0 Å². The van der Waals surface area contributed by atoms with Gasteiger partial charge in [-0.05, 0) is 12.6 Å². The summed E-state index contributed by atoms with van der Waals surface area (Å²) in [4.78, 5) is 0. The van der Waals surface area contributed by atoms with Gasteiger partial charge < -0.3 is 0 Å². The third-order valence-corrected chi connectivity index (χ3v) is 2.97. The quantitative estimate of drug-likeness (QED) is 0.362. The smallest absolute Gasteiger partial charge is 0.0381 e. The third-order valence-electron chi connectivity index (χ3n) is 2.56. The Labute approximate surface area is 99.2 Å². The lowest BCUT2D eigenvalue weighted by atomic mass is 10.1. The molecular formula is C12H28ClP. The van der Waals surface area contributed by atoms with Gasteiger partial charge in [0.05, 0.1) is 0 Å². The molecular weight excluding hydrogens is 211 g/mol. The van der Waals surface area contributed by atoms with E-state index in [4.69, 9.17) is 0 Å². The molecule has 88 valence electrons. The Balaban J connectivity index is 0. The molecule has 0 bridgehead atoms. The van der Waals surface area contributed by atoms with E-state index in [9.17, 15) is 0 Å². The van der Waals surface area contributed by atoms with Gasteiger partial charge in [-0.3, -0.25) is 0 Å². The lowest BCUT2D eigenvalue weighted by Gasteiger charge is -2.00. The lowest BCUT2D eigenvalue weighted by Crippen LogP contribution is -1.81. The largest absolute Gasteiger partial charge is 0.147 e. The van der Waals surface area contributed by atoms with Crippen molar-refractivity contribution < 1.29 is 0 Å². The van der Waals surface area contributed by atoms with Gasteiger partial charge in [-0.25, -0.2) is 0 Å². The standard InChI is InChI=1S/C12H27P.ClH/c1-2-3-4-5-6-7-8-9-10-11-12-13;/h2-13H2,1H3;1H. The zero-order valence-electron chi connectivity index (χ0n) is 9.76. The van der Waals surface area contributed by atoms with Gasteiger partial charge >= 0.3 is 0 Å². The highest BCUT2D eigenvalue weighted by Gasteiger charge is 1.90. The Morgan fingerprint density at radius 3 is 1.36 bits per heavy atom. The van der Waals surface area contributed by atoms with Crippen LogP contribution in [-0.4, -0.2) is 6.16 Å². The van der Waals surface area contributed by atoms with Crippen LogP contribution in [0, 0.1) is 0 Å². The van der Waals surface area contributed by atoms with Gasteiger partial charge in [0.1, 0.15) is 0 Å². The molecule has 0 aromatic rings. The molecule has 0 spiro atoms. The van der Waals surface area contributed by atoms with Gasteiger partial charge in [0.15, 0.2) is 0 Å². The maximum absolute atomic E-state index is 2.81. The molecule has 0 rings (SSSR count). The summed E-state index contributed by atoms with van der Waals surface area (Å²) >= 11 is 0. The van der Waals surface area contributed by atoms with Crippen LogP contribution in [0.25, 0.3) is 0 Å². The number of rotatable bonds is 10. The van der Waals surface area contributed by atoms with Crippen molar-refractivity contribution in [3.05, 3.63) is 0 Å². The Hall–Kier alpha value is 0.720. The summed E-state index contributed by atoms with van der Waals surface area (Å²) in [6.45, 7) is 2.28. The monoisotopic (exact) mass is 238 g/mol. The van der Waals surface area contributed by atoms with Crippen molar-refractivity contribution >= 4 is 21.6 Å². The fourth-order valence-electron chi connectivity index (χ4n) is 1.63. The highest BCUT2D eigenvalue weighted by atomic mass is 35.5. The predicted molar refractivity (Wildman–Crippen MR) is 73.7 cm³/mol. The SMILES string of the molecule is CCCCCCCCCCCCP.Cl. The molecule has 0 nitrogen and oxygen atoms in total. The zero-order chi connectivity index (χ0) is 9.78. The highest BCUT2D eigenvalue weighted by molar-refractivity contribution is 7.16. The third kappa shape index (κ3) is 15.2. The van der Waals surface area contributed by atoms with Gasteiger partial charge in [0, 0.05) is 0 Å². The van der Waals surface area contributed by atoms with Crippen LogP contribution in [-0.2, 0) is 0 Å². The molecule has 0 saturated heterocycles. The maximum Gasteiger partial charge on any atom is -0.0381 e. The summed E-state index contributed by atoms with van der Waals surface area (Å²) in [5, 5.41) is 0. The molecule has 0 aliphatic heterocycles. The molecule has 0 aliphatic rings. The molecule has 0 aromatic carbocycles. The van der Waals surface area contributed by atoms with Gasteiger partial charge in [0.2, 0.25) is 0 Å². The fraction of sp³-hybridized carbons (Fsp3) is 1.00. The molecule has 0 saturated carbocycles. The molecule has 0 fully saturated rings. The van der Waals surface area contributed by atoms with Crippen LogP contribution in [0.5, 0.6) is 0 Å². The second kappa shape index (κ2) is 16.2. The van der Waals surface area contributed by atoms with Crippen LogP contribution in [0.2, 0.25) is 0 Å². The molecule has 2 heteroatoms. The van der Waals surface area contributed by atoms with Crippen LogP contribution in [0.3, 0.4) is 0 Å². The second-order valence-corrected chi connectivity index (χ2v) is 4.55. The first-order valence-corrected chi connectivity index (χ1v) is 6.93. The van der Waals surface area contributed by atoms with E-state index >= 15 is 0 Å². The lowest BCUT2D eigenvalue weighted by molar-refractivity contribution is 0.563. The maximum atomic E-state index is 2.81. The molecule has 0 aromatic heterocycles. The van der Waals surface area contributed by atoms with Crippen LogP contribution in [0.4, 0.5) is 0 Å². The zero-order valence-corrected chi connectivity index (χ0v) is 11.7. The van der Waals surface area contributed by atoms with Crippen molar-refractivity contribution in [1.29, 1.82) is 0 Å². The summed E-state index contributed by atoms with van der Waals surface area (Å²) in [6, 6.07) is 0. The molecule has 0 radical (unpaired) electrons. The van der Waals surface area contributed by atoms with Gasteiger partial charge in [-0.15, -0.1) is 21.6 Å². The van der Waals surface area contributed by atoms with Crippen LogP contribution < -0.4 is 0 Å². The van der Waals surface area contributed by atoms with E-state index in [1.807, 2.05) is 0 Å². The molecule has 0 N–H and O–H groups in total. The summed E-state index contributed by atoms with van der Waals surface area (Å²) < 4.78 is 0. The molecule has 1 unspecified atom stereocenters. The molecule has 0 heterocycles. The average molecular weight is 239 g/mol. The van der Waals surface area contributed by atoms with Gasteiger partial charge in [0.25, 0.3) is 0 Å². The van der Waals surface area contributed by atoms with E-state index in [-0.39, 0.29) is 12.4 Å². The van der Waals surface area contributed by atoms with E-state index in [1.54, 1.807) is 0 Å². The van der Waals surface area contributed by atoms with Crippen molar-refractivity contribution in [3.8, 4) is 0 Å². The van der Waals surface area contributed by atoms with E-state index in [2.05, 4.69) is 16.2 Å². The average Bonchev–Trinajstić information content (AvgIpc) is 2.16. The Morgan fingerprint density at radius 1 is 0.643 bits per heavy atom. The van der Waals surface area contributed by atoms with Crippen molar-refractivity contribution in [1.82, 2.24) is 0 Å². The topological polar surface area (TPSA) is 0 Å². The number of hydrogen-bond donors (Lipinski definition) is 0. The summed E-state index contributed by atoms with van der Waals surface area (Å²) in [5.41, 5.74) is 0. The fourth-order valence-corrected chi connectivity index (χ4v) is 1.92. The Bertz CT molecular complexity index is 76.4. The van der Waals surface area contributed by atoms with Gasteiger partial charge in [-0.2, -0.15) is 0 Å². The minimum atomic E-state index is 0. The minimum Gasteiger partial charge on any atom is -0.147 e. The van der Waals surface area contributed by atoms with E-state index in [0.29, 0.717) is 0 Å².